The minimum atomic E-state index is 0.780. The SMILES string of the molecule is CCN(CC)CCNc1cc(NC)nc(C)n1. The van der Waals surface area contributed by atoms with Gasteiger partial charge in [-0.1, -0.05) is 13.8 Å². The van der Waals surface area contributed by atoms with Crippen molar-refractivity contribution < 1.29 is 0 Å². The lowest BCUT2D eigenvalue weighted by Crippen LogP contribution is -2.28. The molecule has 1 heterocycles. The van der Waals surface area contributed by atoms with Crippen molar-refractivity contribution in [3.63, 3.8) is 0 Å². The molecule has 2 N–H and O–H groups in total. The van der Waals surface area contributed by atoms with Crippen LogP contribution < -0.4 is 10.6 Å². The van der Waals surface area contributed by atoms with Crippen LogP contribution in [0.5, 0.6) is 0 Å². The molecule has 0 spiro atoms. The normalized spacial score (nSPS) is 10.6. The number of nitrogens with one attached hydrogen (secondary N) is 2. The van der Waals surface area contributed by atoms with Crippen LogP contribution >= 0.6 is 0 Å². The van der Waals surface area contributed by atoms with Crippen molar-refractivity contribution >= 4 is 11.6 Å². The van der Waals surface area contributed by atoms with Crippen LogP contribution in [0.1, 0.15) is 19.7 Å². The Morgan fingerprint density at radius 3 is 2.41 bits per heavy atom. The Hall–Kier alpha value is -1.36. The lowest BCUT2D eigenvalue weighted by molar-refractivity contribution is 0.316. The maximum absolute atomic E-state index is 4.35. The maximum atomic E-state index is 4.35. The zero-order valence-electron chi connectivity index (χ0n) is 11.2. The summed E-state index contributed by atoms with van der Waals surface area (Å²) in [5.74, 6) is 2.51. The highest BCUT2D eigenvalue weighted by Crippen LogP contribution is 2.09. The lowest BCUT2D eigenvalue weighted by atomic mass is 10.4. The highest BCUT2D eigenvalue weighted by atomic mass is 15.1. The van der Waals surface area contributed by atoms with Crippen molar-refractivity contribution in [2.45, 2.75) is 20.8 Å². The molecular formula is C12H23N5. The summed E-state index contributed by atoms with van der Waals surface area (Å²) < 4.78 is 0. The quantitative estimate of drug-likeness (QED) is 0.754. The summed E-state index contributed by atoms with van der Waals surface area (Å²) in [5, 5.41) is 6.35. The van der Waals surface area contributed by atoms with E-state index in [1.54, 1.807) is 0 Å². The topological polar surface area (TPSA) is 53.1 Å². The molecule has 0 aliphatic heterocycles. The fraction of sp³-hybridized carbons (Fsp3) is 0.667. The summed E-state index contributed by atoms with van der Waals surface area (Å²) in [7, 11) is 1.86. The second-order valence-corrected chi connectivity index (χ2v) is 3.89. The monoisotopic (exact) mass is 237 g/mol. The molecule has 1 aromatic rings. The van der Waals surface area contributed by atoms with E-state index < -0.39 is 0 Å². The highest BCUT2D eigenvalue weighted by Gasteiger charge is 2.01. The van der Waals surface area contributed by atoms with Crippen LogP contribution in [0.2, 0.25) is 0 Å². The number of hydrogen-bond acceptors (Lipinski definition) is 5. The lowest BCUT2D eigenvalue weighted by Gasteiger charge is -2.18. The third-order valence-corrected chi connectivity index (χ3v) is 2.72. The van der Waals surface area contributed by atoms with Crippen molar-refractivity contribution in [2.75, 3.05) is 43.9 Å². The van der Waals surface area contributed by atoms with Crippen molar-refractivity contribution in [1.82, 2.24) is 14.9 Å². The number of aromatic nitrogens is 2. The van der Waals surface area contributed by atoms with Gasteiger partial charge < -0.3 is 15.5 Å². The predicted octanol–water partition coefficient (Wildman–Crippen LogP) is 1.58. The molecule has 0 bridgehead atoms. The Morgan fingerprint density at radius 1 is 1.18 bits per heavy atom. The van der Waals surface area contributed by atoms with Crippen molar-refractivity contribution in [3.8, 4) is 0 Å². The van der Waals surface area contributed by atoms with Gasteiger partial charge in [0, 0.05) is 26.2 Å². The van der Waals surface area contributed by atoms with Gasteiger partial charge in [0.25, 0.3) is 0 Å². The Bertz CT molecular complexity index is 336. The molecule has 5 nitrogen and oxygen atoms in total. The third kappa shape index (κ3) is 4.56. The molecule has 0 amide bonds. The zero-order chi connectivity index (χ0) is 12.7. The molecular weight excluding hydrogens is 214 g/mol. The summed E-state index contributed by atoms with van der Waals surface area (Å²) in [6.07, 6.45) is 0. The van der Waals surface area contributed by atoms with E-state index in [9.17, 15) is 0 Å². The van der Waals surface area contributed by atoms with E-state index in [0.29, 0.717) is 0 Å². The molecule has 1 aromatic heterocycles. The van der Waals surface area contributed by atoms with Gasteiger partial charge in [-0.2, -0.15) is 0 Å². The van der Waals surface area contributed by atoms with E-state index in [2.05, 4.69) is 39.3 Å². The molecule has 0 radical (unpaired) electrons. The van der Waals surface area contributed by atoms with Gasteiger partial charge in [-0.15, -0.1) is 0 Å². The van der Waals surface area contributed by atoms with Gasteiger partial charge in [0.2, 0.25) is 0 Å². The third-order valence-electron chi connectivity index (χ3n) is 2.72. The average molecular weight is 237 g/mol. The first-order chi connectivity index (χ1) is 8.19. The summed E-state index contributed by atoms with van der Waals surface area (Å²) in [6.45, 7) is 10.4. The fourth-order valence-corrected chi connectivity index (χ4v) is 1.67. The molecule has 0 saturated heterocycles. The molecule has 1 rings (SSSR count). The number of nitrogens with zero attached hydrogens (tertiary/aromatic N) is 3. The Labute approximate surface area is 104 Å². The number of anilines is 2. The van der Waals surface area contributed by atoms with Crippen LogP contribution in [0.3, 0.4) is 0 Å². The van der Waals surface area contributed by atoms with Gasteiger partial charge in [-0.05, 0) is 20.0 Å². The first kappa shape index (κ1) is 13.7. The summed E-state index contributed by atoms with van der Waals surface area (Å²) >= 11 is 0. The Kier molecular flexibility index (Phi) is 5.69. The van der Waals surface area contributed by atoms with Crippen LogP contribution in [0.15, 0.2) is 6.07 Å². The van der Waals surface area contributed by atoms with Crippen LogP contribution in [0.25, 0.3) is 0 Å². The van der Waals surface area contributed by atoms with Gasteiger partial charge in [0.1, 0.15) is 17.5 Å². The van der Waals surface area contributed by atoms with Crippen molar-refractivity contribution in [2.24, 2.45) is 0 Å². The minimum absolute atomic E-state index is 0.780. The number of aryl methyl sites for hydroxylation is 1. The number of rotatable bonds is 7. The van der Waals surface area contributed by atoms with Gasteiger partial charge in [0.15, 0.2) is 0 Å². The molecule has 0 atom stereocenters. The van der Waals surface area contributed by atoms with Crippen LogP contribution in [-0.2, 0) is 0 Å². The highest BCUT2D eigenvalue weighted by molar-refractivity contribution is 5.47. The molecule has 0 fully saturated rings. The summed E-state index contributed by atoms with van der Waals surface area (Å²) in [5.41, 5.74) is 0. The standard InChI is InChI=1S/C12H23N5/c1-5-17(6-2)8-7-14-12-9-11(13-4)15-10(3)16-12/h9H,5-8H2,1-4H3,(H2,13,14,15,16). The molecule has 17 heavy (non-hydrogen) atoms. The first-order valence-corrected chi connectivity index (χ1v) is 6.19. The van der Waals surface area contributed by atoms with Gasteiger partial charge in [0.05, 0.1) is 0 Å². The largest absolute Gasteiger partial charge is 0.373 e. The van der Waals surface area contributed by atoms with Crippen molar-refractivity contribution in [1.29, 1.82) is 0 Å². The predicted molar refractivity (Wildman–Crippen MR) is 72.6 cm³/mol. The molecule has 0 aliphatic carbocycles. The van der Waals surface area contributed by atoms with Gasteiger partial charge >= 0.3 is 0 Å². The summed E-state index contributed by atoms with van der Waals surface area (Å²) in [4.78, 5) is 11.0. The van der Waals surface area contributed by atoms with Crippen LogP contribution in [0.4, 0.5) is 11.6 Å². The molecule has 5 heteroatoms. The van der Waals surface area contributed by atoms with E-state index >= 15 is 0 Å². The number of hydrogen-bond donors (Lipinski definition) is 2. The Balaban J connectivity index is 2.48. The van der Waals surface area contributed by atoms with Crippen LogP contribution in [0, 0.1) is 6.92 Å². The average Bonchev–Trinajstić information content (AvgIpc) is 2.34. The fourth-order valence-electron chi connectivity index (χ4n) is 1.67. The maximum Gasteiger partial charge on any atom is 0.131 e. The second-order valence-electron chi connectivity index (χ2n) is 3.89. The van der Waals surface area contributed by atoms with E-state index in [4.69, 9.17) is 0 Å². The molecule has 0 saturated carbocycles. The molecule has 0 aromatic carbocycles. The van der Waals surface area contributed by atoms with E-state index in [1.165, 1.54) is 0 Å². The molecule has 0 unspecified atom stereocenters. The minimum Gasteiger partial charge on any atom is -0.373 e. The van der Waals surface area contributed by atoms with Gasteiger partial charge in [-0.3, -0.25) is 0 Å². The molecule has 0 aliphatic rings. The Morgan fingerprint density at radius 2 is 1.82 bits per heavy atom. The smallest absolute Gasteiger partial charge is 0.131 e. The second kappa shape index (κ2) is 7.06. The summed E-state index contributed by atoms with van der Waals surface area (Å²) in [6, 6.07) is 1.93. The zero-order valence-corrected chi connectivity index (χ0v) is 11.2. The van der Waals surface area contributed by atoms with Gasteiger partial charge in [-0.25, -0.2) is 9.97 Å². The molecule has 96 valence electrons. The van der Waals surface area contributed by atoms with E-state index in [-0.39, 0.29) is 0 Å². The first-order valence-electron chi connectivity index (χ1n) is 6.19. The van der Waals surface area contributed by atoms with Crippen molar-refractivity contribution in [3.05, 3.63) is 11.9 Å². The van der Waals surface area contributed by atoms with Crippen LogP contribution in [-0.4, -0.2) is 48.1 Å². The number of likely N-dealkylation sites (N-methyl/N-ethyl adjacent to an activating group) is 1. The van der Waals surface area contributed by atoms with E-state index in [0.717, 1.165) is 43.6 Å². The van der Waals surface area contributed by atoms with E-state index in [1.807, 2.05) is 20.0 Å².